The van der Waals surface area contributed by atoms with E-state index in [9.17, 15) is 4.79 Å². The van der Waals surface area contributed by atoms with Crippen molar-refractivity contribution in [1.82, 2.24) is 10.2 Å². The fourth-order valence-electron chi connectivity index (χ4n) is 3.59. The van der Waals surface area contributed by atoms with Crippen LogP contribution in [0.2, 0.25) is 5.02 Å². The Morgan fingerprint density at radius 2 is 1.83 bits per heavy atom. The number of benzene rings is 2. The number of piperidine rings is 1. The van der Waals surface area contributed by atoms with Crippen LogP contribution in [0, 0.1) is 5.92 Å². The third-order valence-corrected chi connectivity index (χ3v) is 6.26. The Kier molecular flexibility index (Phi) is 6.55. The summed E-state index contributed by atoms with van der Waals surface area (Å²) < 4.78 is 0. The summed E-state index contributed by atoms with van der Waals surface area (Å²) in [6.45, 7) is 1.52. The van der Waals surface area contributed by atoms with Crippen molar-refractivity contribution in [3.05, 3.63) is 65.7 Å². The molecule has 1 aromatic heterocycles. The van der Waals surface area contributed by atoms with Gasteiger partial charge in [0.2, 0.25) is 5.91 Å². The predicted molar refractivity (Wildman–Crippen MR) is 124 cm³/mol. The van der Waals surface area contributed by atoms with Gasteiger partial charge in [0, 0.05) is 34.3 Å². The van der Waals surface area contributed by atoms with Crippen molar-refractivity contribution in [3.63, 3.8) is 0 Å². The molecule has 2 heterocycles. The molecule has 1 N–H and O–H groups in total. The monoisotopic (exact) mass is 438 g/mol. The van der Waals surface area contributed by atoms with Gasteiger partial charge < -0.3 is 10.2 Å². The summed E-state index contributed by atoms with van der Waals surface area (Å²) in [6.07, 6.45) is 3.86. The molecule has 0 aliphatic carbocycles. The second kappa shape index (κ2) is 9.49. The van der Waals surface area contributed by atoms with E-state index < -0.39 is 0 Å². The lowest BCUT2D eigenvalue weighted by Crippen LogP contribution is -2.41. The smallest absolute Gasteiger partial charge is 0.229 e. The van der Waals surface area contributed by atoms with E-state index in [2.05, 4.69) is 20.4 Å². The number of rotatable bonds is 5. The zero-order valence-corrected chi connectivity index (χ0v) is 18.3. The predicted octanol–water partition coefficient (Wildman–Crippen LogP) is 5.37. The third kappa shape index (κ3) is 4.94. The minimum atomic E-state index is -0.0725. The number of aromatic nitrogens is 2. The van der Waals surface area contributed by atoms with Crippen LogP contribution in [0.25, 0.3) is 11.3 Å². The van der Waals surface area contributed by atoms with Crippen LogP contribution in [0.3, 0.4) is 0 Å². The molecule has 1 aliphatic rings. The van der Waals surface area contributed by atoms with Gasteiger partial charge in [-0.05, 0) is 67.6 Å². The van der Waals surface area contributed by atoms with Crippen LogP contribution in [0.1, 0.15) is 12.8 Å². The van der Waals surface area contributed by atoms with Crippen LogP contribution < -0.4 is 10.2 Å². The minimum Gasteiger partial charge on any atom is -0.354 e. The normalized spacial score (nSPS) is 16.3. The second-order valence-electron chi connectivity index (χ2n) is 7.29. The second-order valence-corrected chi connectivity index (χ2v) is 8.60. The number of anilines is 2. The molecule has 1 aliphatic heterocycles. The third-order valence-electron chi connectivity index (χ3n) is 5.26. The van der Waals surface area contributed by atoms with Gasteiger partial charge in [0.15, 0.2) is 5.82 Å². The van der Waals surface area contributed by atoms with Crippen molar-refractivity contribution in [2.45, 2.75) is 17.7 Å². The van der Waals surface area contributed by atoms with E-state index in [1.165, 1.54) is 4.90 Å². The molecule has 154 valence electrons. The number of carbonyl (C=O) groups is 1. The fourth-order valence-corrected chi connectivity index (χ4v) is 4.12. The van der Waals surface area contributed by atoms with E-state index >= 15 is 0 Å². The van der Waals surface area contributed by atoms with Crippen molar-refractivity contribution in [3.8, 4) is 11.3 Å². The molecule has 7 heteroatoms. The molecule has 1 amide bonds. The van der Waals surface area contributed by atoms with Crippen molar-refractivity contribution >= 4 is 40.8 Å². The zero-order chi connectivity index (χ0) is 20.9. The van der Waals surface area contributed by atoms with Gasteiger partial charge >= 0.3 is 0 Å². The van der Waals surface area contributed by atoms with E-state index in [1.54, 1.807) is 11.8 Å². The number of amides is 1. The minimum absolute atomic E-state index is 0.0577. The van der Waals surface area contributed by atoms with Gasteiger partial charge in [0.05, 0.1) is 11.6 Å². The number of hydrogen-bond acceptors (Lipinski definition) is 5. The number of hydrogen-bond donors (Lipinski definition) is 1. The van der Waals surface area contributed by atoms with Gasteiger partial charge in [0.25, 0.3) is 0 Å². The van der Waals surface area contributed by atoms with Crippen molar-refractivity contribution in [2.24, 2.45) is 5.92 Å². The van der Waals surface area contributed by atoms with E-state index in [-0.39, 0.29) is 11.8 Å². The molecule has 0 saturated carbocycles. The molecule has 0 spiro atoms. The highest BCUT2D eigenvalue weighted by Gasteiger charge is 2.26. The Morgan fingerprint density at radius 3 is 2.50 bits per heavy atom. The Bertz CT molecular complexity index is 993. The maximum atomic E-state index is 12.8. The molecule has 1 atom stereocenters. The lowest BCUT2D eigenvalue weighted by molar-refractivity contribution is -0.120. The molecule has 1 unspecified atom stereocenters. The summed E-state index contributed by atoms with van der Waals surface area (Å²) in [5, 5.41) is 12.5. The van der Waals surface area contributed by atoms with E-state index in [0.29, 0.717) is 11.6 Å². The molecule has 4 rings (SSSR count). The summed E-state index contributed by atoms with van der Waals surface area (Å²) in [5.41, 5.74) is 2.61. The molecule has 2 aromatic carbocycles. The van der Waals surface area contributed by atoms with Gasteiger partial charge in [-0.3, -0.25) is 4.79 Å². The standard InChI is InChI=1S/C23H23ClN4OS/c1-30-20-10-8-19(9-11-20)25-23(29)17-3-2-14-28(15-17)22-13-12-21(26-27-22)16-4-6-18(24)7-5-16/h4-13,17H,2-3,14-15H2,1H3,(H,25,29). The Balaban J connectivity index is 1.40. The molecule has 0 bridgehead atoms. The average molecular weight is 439 g/mol. The molecule has 0 radical (unpaired) electrons. The fraction of sp³-hybridized carbons (Fsp3) is 0.261. The van der Waals surface area contributed by atoms with Crippen molar-refractivity contribution < 1.29 is 4.79 Å². The summed E-state index contributed by atoms with van der Waals surface area (Å²) in [4.78, 5) is 16.1. The van der Waals surface area contributed by atoms with Crippen LogP contribution in [0.5, 0.6) is 0 Å². The van der Waals surface area contributed by atoms with Gasteiger partial charge in [-0.25, -0.2) is 0 Å². The largest absolute Gasteiger partial charge is 0.354 e. The maximum Gasteiger partial charge on any atom is 0.229 e. The Morgan fingerprint density at radius 1 is 1.07 bits per heavy atom. The first-order chi connectivity index (χ1) is 14.6. The summed E-state index contributed by atoms with van der Waals surface area (Å²) >= 11 is 7.64. The molecular formula is C23H23ClN4OS. The number of nitrogens with one attached hydrogen (secondary N) is 1. The summed E-state index contributed by atoms with van der Waals surface area (Å²) in [5.74, 6) is 0.786. The lowest BCUT2D eigenvalue weighted by atomic mass is 9.97. The van der Waals surface area contributed by atoms with Gasteiger partial charge in [-0.15, -0.1) is 22.0 Å². The summed E-state index contributed by atoms with van der Waals surface area (Å²) in [7, 11) is 0. The molecular weight excluding hydrogens is 416 g/mol. The number of thioether (sulfide) groups is 1. The number of nitrogens with zero attached hydrogens (tertiary/aromatic N) is 3. The van der Waals surface area contributed by atoms with Crippen molar-refractivity contribution in [1.29, 1.82) is 0 Å². The van der Waals surface area contributed by atoms with Crippen LogP contribution in [0.15, 0.2) is 65.6 Å². The maximum absolute atomic E-state index is 12.8. The molecule has 30 heavy (non-hydrogen) atoms. The molecule has 3 aromatic rings. The molecule has 1 fully saturated rings. The first kappa shape index (κ1) is 20.7. The highest BCUT2D eigenvalue weighted by atomic mass is 35.5. The van der Waals surface area contributed by atoms with Crippen molar-refractivity contribution in [2.75, 3.05) is 29.6 Å². The van der Waals surface area contributed by atoms with E-state index in [1.807, 2.05) is 66.9 Å². The Labute approximate surface area is 185 Å². The van der Waals surface area contributed by atoms with Crippen LogP contribution in [-0.4, -0.2) is 35.4 Å². The number of carbonyl (C=O) groups excluding carboxylic acids is 1. The van der Waals surface area contributed by atoms with E-state index in [0.717, 1.165) is 42.1 Å². The summed E-state index contributed by atoms with van der Waals surface area (Å²) in [6, 6.07) is 19.4. The van der Waals surface area contributed by atoms with Crippen LogP contribution >= 0.6 is 23.4 Å². The topological polar surface area (TPSA) is 58.1 Å². The van der Waals surface area contributed by atoms with Gasteiger partial charge in [-0.2, -0.15) is 0 Å². The Hall–Kier alpha value is -2.57. The zero-order valence-electron chi connectivity index (χ0n) is 16.7. The van der Waals surface area contributed by atoms with Crippen LogP contribution in [0.4, 0.5) is 11.5 Å². The average Bonchev–Trinajstić information content (AvgIpc) is 2.80. The molecule has 5 nitrogen and oxygen atoms in total. The number of halogens is 1. The highest BCUT2D eigenvalue weighted by molar-refractivity contribution is 7.98. The molecule has 1 saturated heterocycles. The lowest BCUT2D eigenvalue weighted by Gasteiger charge is -2.32. The first-order valence-electron chi connectivity index (χ1n) is 9.92. The SMILES string of the molecule is CSc1ccc(NC(=O)C2CCCN(c3ccc(-c4ccc(Cl)cc4)nn3)C2)cc1. The highest BCUT2D eigenvalue weighted by Crippen LogP contribution is 2.25. The van der Waals surface area contributed by atoms with Crippen LogP contribution in [-0.2, 0) is 4.79 Å². The quantitative estimate of drug-likeness (QED) is 0.542. The van der Waals surface area contributed by atoms with Gasteiger partial charge in [-0.1, -0.05) is 23.7 Å². The van der Waals surface area contributed by atoms with E-state index in [4.69, 9.17) is 11.6 Å². The van der Waals surface area contributed by atoms with Gasteiger partial charge in [0.1, 0.15) is 0 Å². The first-order valence-corrected chi connectivity index (χ1v) is 11.5.